The first kappa shape index (κ1) is 12.9. The Morgan fingerprint density at radius 1 is 1.16 bits per heavy atom. The molecule has 1 fully saturated rings. The molecular weight excluding hydrogens is 266 g/mol. The van der Waals surface area contributed by atoms with E-state index >= 15 is 0 Å². The molecule has 1 aliphatic carbocycles. The standard InChI is InChI=1S/C14H18ClNO3/c15-9-8-10-13(19-7-6-18-10)11(12(9)17)14(16)4-2-1-3-5-14/h8,17H,1-7,16H2. The van der Waals surface area contributed by atoms with Gasteiger partial charge in [0.05, 0.1) is 10.6 Å². The summed E-state index contributed by atoms with van der Waals surface area (Å²) in [4.78, 5) is 0. The molecule has 4 nitrogen and oxygen atoms in total. The first-order valence-corrected chi connectivity index (χ1v) is 7.10. The summed E-state index contributed by atoms with van der Waals surface area (Å²) in [5.41, 5.74) is 6.57. The Bertz CT molecular complexity index is 498. The Morgan fingerprint density at radius 2 is 1.84 bits per heavy atom. The summed E-state index contributed by atoms with van der Waals surface area (Å²) < 4.78 is 11.2. The minimum atomic E-state index is -0.571. The number of hydrogen-bond acceptors (Lipinski definition) is 4. The van der Waals surface area contributed by atoms with Gasteiger partial charge >= 0.3 is 0 Å². The highest BCUT2D eigenvalue weighted by Gasteiger charge is 2.38. The zero-order chi connectivity index (χ0) is 13.5. The molecule has 0 aromatic heterocycles. The van der Waals surface area contributed by atoms with E-state index in [0.717, 1.165) is 25.7 Å². The molecule has 5 heteroatoms. The fraction of sp³-hybridized carbons (Fsp3) is 0.571. The third-order valence-electron chi connectivity index (χ3n) is 4.00. The van der Waals surface area contributed by atoms with Crippen LogP contribution in [-0.2, 0) is 5.54 Å². The van der Waals surface area contributed by atoms with E-state index in [1.54, 1.807) is 6.07 Å². The van der Waals surface area contributed by atoms with Crippen molar-refractivity contribution in [3.05, 3.63) is 16.7 Å². The van der Waals surface area contributed by atoms with Gasteiger partial charge in [0.1, 0.15) is 19.0 Å². The number of benzene rings is 1. The lowest BCUT2D eigenvalue weighted by Crippen LogP contribution is -2.39. The zero-order valence-corrected chi connectivity index (χ0v) is 11.5. The molecule has 0 amide bonds. The second kappa shape index (κ2) is 4.76. The number of halogens is 1. The Balaban J connectivity index is 2.15. The molecule has 104 valence electrons. The number of nitrogens with two attached hydrogens (primary N) is 1. The van der Waals surface area contributed by atoms with Crippen molar-refractivity contribution in [1.82, 2.24) is 0 Å². The number of hydrogen-bond donors (Lipinski definition) is 2. The Labute approximate surface area is 117 Å². The van der Waals surface area contributed by atoms with E-state index in [2.05, 4.69) is 0 Å². The number of phenols is 1. The maximum atomic E-state index is 10.3. The number of aromatic hydroxyl groups is 1. The summed E-state index contributed by atoms with van der Waals surface area (Å²) in [6.45, 7) is 0.961. The molecule has 1 aromatic rings. The quantitative estimate of drug-likeness (QED) is 0.832. The van der Waals surface area contributed by atoms with Crippen LogP contribution in [0.1, 0.15) is 37.7 Å². The fourth-order valence-corrected chi connectivity index (χ4v) is 3.23. The highest BCUT2D eigenvalue weighted by atomic mass is 35.5. The highest BCUT2D eigenvalue weighted by Crippen LogP contribution is 2.51. The number of ether oxygens (including phenoxy) is 2. The van der Waals surface area contributed by atoms with Crippen LogP contribution in [-0.4, -0.2) is 18.3 Å². The normalized spacial score (nSPS) is 21.2. The topological polar surface area (TPSA) is 64.7 Å². The molecule has 0 saturated heterocycles. The summed E-state index contributed by atoms with van der Waals surface area (Å²) in [6.07, 6.45) is 4.95. The van der Waals surface area contributed by atoms with E-state index in [4.69, 9.17) is 26.8 Å². The minimum absolute atomic E-state index is 0.0373. The summed E-state index contributed by atoms with van der Waals surface area (Å²) >= 11 is 6.09. The average Bonchev–Trinajstić information content (AvgIpc) is 2.40. The fourth-order valence-electron chi connectivity index (χ4n) is 3.04. The van der Waals surface area contributed by atoms with Crippen LogP contribution in [0.2, 0.25) is 5.02 Å². The molecule has 1 heterocycles. The second-order valence-electron chi connectivity index (χ2n) is 5.32. The van der Waals surface area contributed by atoms with Crippen LogP contribution in [0.25, 0.3) is 0 Å². The number of rotatable bonds is 1. The lowest BCUT2D eigenvalue weighted by Gasteiger charge is -2.36. The molecule has 3 rings (SSSR count). The molecule has 19 heavy (non-hydrogen) atoms. The third kappa shape index (κ3) is 2.13. The predicted molar refractivity (Wildman–Crippen MR) is 73.1 cm³/mol. The smallest absolute Gasteiger partial charge is 0.170 e. The highest BCUT2D eigenvalue weighted by molar-refractivity contribution is 6.32. The predicted octanol–water partition coefficient (Wildman–Crippen LogP) is 2.93. The first-order valence-electron chi connectivity index (χ1n) is 6.72. The van der Waals surface area contributed by atoms with E-state index in [9.17, 15) is 5.11 Å². The molecule has 1 aromatic carbocycles. The molecule has 3 N–H and O–H groups in total. The largest absolute Gasteiger partial charge is 0.506 e. The van der Waals surface area contributed by atoms with Crippen molar-refractivity contribution in [2.75, 3.05) is 13.2 Å². The van der Waals surface area contributed by atoms with Gasteiger partial charge in [0.25, 0.3) is 0 Å². The Morgan fingerprint density at radius 3 is 2.58 bits per heavy atom. The molecule has 0 bridgehead atoms. The van der Waals surface area contributed by atoms with Gasteiger partial charge in [-0.15, -0.1) is 0 Å². The van der Waals surface area contributed by atoms with Crippen LogP contribution < -0.4 is 15.2 Å². The summed E-state index contributed by atoms with van der Waals surface area (Å²) in [5.74, 6) is 1.19. The van der Waals surface area contributed by atoms with Crippen molar-refractivity contribution >= 4 is 11.6 Å². The van der Waals surface area contributed by atoms with Gasteiger partial charge in [-0.2, -0.15) is 0 Å². The van der Waals surface area contributed by atoms with Gasteiger partial charge in [0.2, 0.25) is 0 Å². The lowest BCUT2D eigenvalue weighted by atomic mass is 9.76. The van der Waals surface area contributed by atoms with E-state index in [0.29, 0.717) is 30.3 Å². The monoisotopic (exact) mass is 283 g/mol. The molecule has 0 atom stereocenters. The van der Waals surface area contributed by atoms with Crippen molar-refractivity contribution in [3.8, 4) is 17.2 Å². The van der Waals surface area contributed by atoms with Crippen molar-refractivity contribution < 1.29 is 14.6 Å². The molecule has 0 spiro atoms. The summed E-state index contributed by atoms with van der Waals surface area (Å²) in [7, 11) is 0. The van der Waals surface area contributed by atoms with Crippen molar-refractivity contribution in [1.29, 1.82) is 0 Å². The SMILES string of the molecule is NC1(c2c(O)c(Cl)cc3c2OCCO3)CCCCC1. The Hall–Kier alpha value is -1.13. The van der Waals surface area contributed by atoms with Gasteiger partial charge < -0.3 is 20.3 Å². The van der Waals surface area contributed by atoms with Crippen molar-refractivity contribution in [2.45, 2.75) is 37.6 Å². The Kier molecular flexibility index (Phi) is 3.23. The van der Waals surface area contributed by atoms with Gasteiger partial charge in [-0.3, -0.25) is 0 Å². The first-order chi connectivity index (χ1) is 9.12. The van der Waals surface area contributed by atoms with Gasteiger partial charge in [-0.1, -0.05) is 30.9 Å². The van der Waals surface area contributed by atoms with Crippen molar-refractivity contribution in [2.24, 2.45) is 5.73 Å². The van der Waals surface area contributed by atoms with E-state index in [1.807, 2.05) is 0 Å². The third-order valence-corrected chi connectivity index (χ3v) is 4.29. The molecule has 1 aliphatic heterocycles. The van der Waals surface area contributed by atoms with Crippen LogP contribution in [0.15, 0.2) is 6.07 Å². The summed E-state index contributed by atoms with van der Waals surface area (Å²) in [6, 6.07) is 1.60. The zero-order valence-electron chi connectivity index (χ0n) is 10.7. The molecule has 2 aliphatic rings. The van der Waals surface area contributed by atoms with Gasteiger partial charge in [0, 0.05) is 11.6 Å². The minimum Gasteiger partial charge on any atom is -0.506 e. The van der Waals surface area contributed by atoms with Crippen LogP contribution >= 0.6 is 11.6 Å². The van der Waals surface area contributed by atoms with E-state index in [-0.39, 0.29) is 10.8 Å². The van der Waals surface area contributed by atoms with Gasteiger partial charge in [-0.05, 0) is 12.8 Å². The average molecular weight is 284 g/mol. The van der Waals surface area contributed by atoms with Crippen LogP contribution in [0.3, 0.4) is 0 Å². The molecular formula is C14H18ClNO3. The van der Waals surface area contributed by atoms with E-state index < -0.39 is 5.54 Å². The number of fused-ring (bicyclic) bond motifs is 1. The van der Waals surface area contributed by atoms with Gasteiger partial charge in [0.15, 0.2) is 11.5 Å². The molecule has 1 saturated carbocycles. The van der Waals surface area contributed by atoms with Crippen molar-refractivity contribution in [3.63, 3.8) is 0 Å². The molecule has 0 unspecified atom stereocenters. The van der Waals surface area contributed by atoms with Crippen LogP contribution in [0, 0.1) is 0 Å². The maximum Gasteiger partial charge on any atom is 0.170 e. The second-order valence-corrected chi connectivity index (χ2v) is 5.73. The van der Waals surface area contributed by atoms with Crippen LogP contribution in [0.5, 0.6) is 17.2 Å². The number of phenolic OH excluding ortho intramolecular Hbond substituents is 1. The lowest BCUT2D eigenvalue weighted by molar-refractivity contribution is 0.162. The summed E-state index contributed by atoms with van der Waals surface area (Å²) in [5, 5.41) is 10.6. The molecule has 0 radical (unpaired) electrons. The van der Waals surface area contributed by atoms with E-state index in [1.165, 1.54) is 6.42 Å². The maximum absolute atomic E-state index is 10.3. The van der Waals surface area contributed by atoms with Gasteiger partial charge in [-0.25, -0.2) is 0 Å². The van der Waals surface area contributed by atoms with Crippen LogP contribution in [0.4, 0.5) is 0 Å².